The SMILES string of the molecule is O=C1CCC(=O)N1Cc1ccc(-c2nnc(C3CC(F)(F)C3)o2)cc1. The molecule has 1 aliphatic heterocycles. The molecule has 2 aromatic rings. The van der Waals surface area contributed by atoms with Crippen molar-refractivity contribution in [1.82, 2.24) is 15.1 Å². The normalized spacial score (nSPS) is 20.2. The average Bonchev–Trinajstić information content (AvgIpc) is 3.16. The third-order valence-corrected chi connectivity index (χ3v) is 4.58. The Labute approximate surface area is 141 Å². The number of hydrogen-bond donors (Lipinski definition) is 0. The fourth-order valence-corrected chi connectivity index (χ4v) is 3.09. The molecule has 0 N–H and O–H groups in total. The van der Waals surface area contributed by atoms with Crippen LogP contribution in [0.25, 0.3) is 11.5 Å². The van der Waals surface area contributed by atoms with Crippen LogP contribution in [0.4, 0.5) is 8.78 Å². The second-order valence-electron chi connectivity index (χ2n) is 6.48. The number of carbonyl (C=O) groups is 2. The predicted molar refractivity (Wildman–Crippen MR) is 81.4 cm³/mol. The van der Waals surface area contributed by atoms with E-state index < -0.39 is 5.92 Å². The highest BCUT2D eigenvalue weighted by Gasteiger charge is 2.48. The lowest BCUT2D eigenvalue weighted by Gasteiger charge is -2.32. The monoisotopic (exact) mass is 347 g/mol. The summed E-state index contributed by atoms with van der Waals surface area (Å²) in [4.78, 5) is 24.5. The number of hydrogen-bond acceptors (Lipinski definition) is 5. The van der Waals surface area contributed by atoms with Gasteiger partial charge in [0.15, 0.2) is 0 Å². The standard InChI is InChI=1S/C17H15F2N3O3/c18-17(19)7-12(8-17)16-21-20-15(25-16)11-3-1-10(2-4-11)9-22-13(23)5-6-14(22)24/h1-4,12H,5-9H2. The second-order valence-corrected chi connectivity index (χ2v) is 6.48. The molecular weight excluding hydrogens is 332 g/mol. The molecule has 1 saturated heterocycles. The number of amides is 2. The lowest BCUT2D eigenvalue weighted by Crippen LogP contribution is -2.33. The molecule has 1 aromatic heterocycles. The van der Waals surface area contributed by atoms with Gasteiger partial charge >= 0.3 is 0 Å². The minimum atomic E-state index is -2.63. The fourth-order valence-electron chi connectivity index (χ4n) is 3.09. The second kappa shape index (κ2) is 5.72. The van der Waals surface area contributed by atoms with Gasteiger partial charge in [-0.25, -0.2) is 8.78 Å². The molecule has 0 radical (unpaired) electrons. The van der Waals surface area contributed by atoms with Gasteiger partial charge in [0, 0.05) is 37.2 Å². The molecule has 6 nitrogen and oxygen atoms in total. The van der Waals surface area contributed by atoms with E-state index >= 15 is 0 Å². The summed E-state index contributed by atoms with van der Waals surface area (Å²) in [6, 6.07) is 7.03. The Kier molecular flexibility index (Phi) is 3.63. The van der Waals surface area contributed by atoms with Crippen molar-refractivity contribution in [3.63, 3.8) is 0 Å². The van der Waals surface area contributed by atoms with Gasteiger partial charge in [-0.05, 0) is 17.7 Å². The summed E-state index contributed by atoms with van der Waals surface area (Å²) < 4.78 is 31.4. The number of benzene rings is 1. The third-order valence-electron chi connectivity index (χ3n) is 4.58. The van der Waals surface area contributed by atoms with Gasteiger partial charge in [0.2, 0.25) is 29.5 Å². The minimum Gasteiger partial charge on any atom is -0.420 e. The van der Waals surface area contributed by atoms with Crippen LogP contribution in [0.5, 0.6) is 0 Å². The van der Waals surface area contributed by atoms with Crippen molar-refractivity contribution >= 4 is 11.8 Å². The molecule has 2 heterocycles. The molecule has 2 aliphatic rings. The number of likely N-dealkylation sites (tertiary alicyclic amines) is 1. The van der Waals surface area contributed by atoms with Crippen molar-refractivity contribution < 1.29 is 22.8 Å². The number of alkyl halides is 2. The summed E-state index contributed by atoms with van der Waals surface area (Å²) in [5.41, 5.74) is 1.47. The van der Waals surface area contributed by atoms with Crippen LogP contribution in [0.2, 0.25) is 0 Å². The summed E-state index contributed by atoms with van der Waals surface area (Å²) >= 11 is 0. The van der Waals surface area contributed by atoms with E-state index in [2.05, 4.69) is 10.2 Å². The average molecular weight is 347 g/mol. The lowest BCUT2D eigenvalue weighted by atomic mass is 9.81. The summed E-state index contributed by atoms with van der Waals surface area (Å²) in [6.45, 7) is 0.240. The van der Waals surface area contributed by atoms with E-state index in [9.17, 15) is 18.4 Å². The van der Waals surface area contributed by atoms with Gasteiger partial charge in [-0.15, -0.1) is 10.2 Å². The van der Waals surface area contributed by atoms with E-state index in [4.69, 9.17) is 4.42 Å². The minimum absolute atomic E-state index is 0.159. The van der Waals surface area contributed by atoms with Crippen LogP contribution in [0.1, 0.15) is 43.1 Å². The van der Waals surface area contributed by atoms with E-state index in [0.29, 0.717) is 5.56 Å². The van der Waals surface area contributed by atoms with Gasteiger partial charge in [-0.3, -0.25) is 14.5 Å². The number of nitrogens with zero attached hydrogens (tertiary/aromatic N) is 3. The van der Waals surface area contributed by atoms with Crippen LogP contribution in [-0.4, -0.2) is 32.8 Å². The van der Waals surface area contributed by atoms with Gasteiger partial charge < -0.3 is 4.42 Å². The highest BCUT2D eigenvalue weighted by atomic mass is 19.3. The number of carbonyl (C=O) groups excluding carboxylic acids is 2. The van der Waals surface area contributed by atoms with Crippen molar-refractivity contribution in [2.24, 2.45) is 0 Å². The maximum atomic E-state index is 12.9. The summed E-state index contributed by atoms with van der Waals surface area (Å²) in [5.74, 6) is -2.84. The first-order chi connectivity index (χ1) is 11.9. The Bertz CT molecular complexity index is 808. The van der Waals surface area contributed by atoms with Gasteiger partial charge in [-0.2, -0.15) is 0 Å². The van der Waals surface area contributed by atoms with Gasteiger partial charge in [0.05, 0.1) is 6.54 Å². The Hall–Kier alpha value is -2.64. The number of aromatic nitrogens is 2. The first-order valence-electron chi connectivity index (χ1n) is 8.05. The molecule has 1 saturated carbocycles. The van der Waals surface area contributed by atoms with Crippen LogP contribution >= 0.6 is 0 Å². The zero-order valence-corrected chi connectivity index (χ0v) is 13.2. The van der Waals surface area contributed by atoms with Gasteiger partial charge in [0.1, 0.15) is 0 Å². The van der Waals surface area contributed by atoms with Crippen molar-refractivity contribution in [3.8, 4) is 11.5 Å². The zero-order chi connectivity index (χ0) is 17.6. The zero-order valence-electron chi connectivity index (χ0n) is 13.2. The molecule has 0 bridgehead atoms. The quantitative estimate of drug-likeness (QED) is 0.795. The number of rotatable bonds is 4. The Balaban J connectivity index is 1.45. The van der Waals surface area contributed by atoms with Crippen LogP contribution in [0.3, 0.4) is 0 Å². The molecule has 1 aromatic carbocycles. The molecule has 1 aliphatic carbocycles. The highest BCUT2D eigenvalue weighted by Crippen LogP contribution is 2.48. The molecule has 0 unspecified atom stereocenters. The van der Waals surface area contributed by atoms with E-state index in [0.717, 1.165) is 5.56 Å². The molecule has 130 valence electrons. The Morgan fingerprint density at radius 3 is 2.32 bits per heavy atom. The first kappa shape index (κ1) is 15.9. The molecule has 0 spiro atoms. The third kappa shape index (κ3) is 3.04. The van der Waals surface area contributed by atoms with Crippen LogP contribution in [-0.2, 0) is 16.1 Å². The molecule has 2 fully saturated rings. The van der Waals surface area contributed by atoms with Gasteiger partial charge in [0.25, 0.3) is 0 Å². The smallest absolute Gasteiger partial charge is 0.249 e. The molecular formula is C17H15F2N3O3. The number of halogens is 2. The van der Waals surface area contributed by atoms with Gasteiger partial charge in [-0.1, -0.05) is 12.1 Å². The van der Waals surface area contributed by atoms with Crippen LogP contribution < -0.4 is 0 Å². The first-order valence-corrected chi connectivity index (χ1v) is 8.05. The maximum absolute atomic E-state index is 12.9. The topological polar surface area (TPSA) is 76.3 Å². The van der Waals surface area contributed by atoms with Crippen molar-refractivity contribution in [2.75, 3.05) is 0 Å². The molecule has 4 rings (SSSR count). The van der Waals surface area contributed by atoms with E-state index in [1.54, 1.807) is 24.3 Å². The molecule has 0 atom stereocenters. The van der Waals surface area contributed by atoms with E-state index in [1.165, 1.54) is 4.90 Å². The van der Waals surface area contributed by atoms with Crippen molar-refractivity contribution in [3.05, 3.63) is 35.7 Å². The lowest BCUT2D eigenvalue weighted by molar-refractivity contribution is -0.139. The summed E-state index contributed by atoms with van der Waals surface area (Å²) in [5, 5.41) is 7.77. The van der Waals surface area contributed by atoms with E-state index in [1.807, 2.05) is 0 Å². The molecule has 2 amide bonds. The summed E-state index contributed by atoms with van der Waals surface area (Å²) in [6.07, 6.45) is 0.0146. The Morgan fingerprint density at radius 1 is 1.08 bits per heavy atom. The van der Waals surface area contributed by atoms with Crippen molar-refractivity contribution in [2.45, 2.75) is 44.1 Å². The predicted octanol–water partition coefficient (Wildman–Crippen LogP) is 2.90. The van der Waals surface area contributed by atoms with Crippen LogP contribution in [0.15, 0.2) is 28.7 Å². The fraction of sp³-hybridized carbons (Fsp3) is 0.412. The van der Waals surface area contributed by atoms with Crippen molar-refractivity contribution in [1.29, 1.82) is 0 Å². The molecule has 8 heteroatoms. The maximum Gasteiger partial charge on any atom is 0.249 e. The largest absolute Gasteiger partial charge is 0.420 e. The van der Waals surface area contributed by atoms with E-state index in [-0.39, 0.29) is 61.7 Å². The van der Waals surface area contributed by atoms with Crippen LogP contribution in [0, 0.1) is 0 Å². The summed E-state index contributed by atoms with van der Waals surface area (Å²) in [7, 11) is 0. The number of imide groups is 1. The Morgan fingerprint density at radius 2 is 1.72 bits per heavy atom. The highest BCUT2D eigenvalue weighted by molar-refractivity contribution is 6.01. The molecule has 25 heavy (non-hydrogen) atoms.